The average Bonchev–Trinajstić information content (AvgIpc) is 3.27. The van der Waals surface area contributed by atoms with E-state index in [1.165, 1.54) is 17.7 Å². The molecule has 0 bridgehead atoms. The molecule has 1 aliphatic rings. The minimum Gasteiger partial charge on any atom is -0.353 e. The van der Waals surface area contributed by atoms with Gasteiger partial charge in [-0.1, -0.05) is 12.1 Å². The van der Waals surface area contributed by atoms with Gasteiger partial charge in [-0.2, -0.15) is 10.4 Å². The van der Waals surface area contributed by atoms with Gasteiger partial charge in [-0.05, 0) is 93.0 Å². The molecule has 1 aliphatic heterocycles. The number of aromatic nitrogens is 2. The molecule has 5 rings (SSSR count). The Bertz CT molecular complexity index is 1410. The molecule has 0 atom stereocenters. The fourth-order valence-electron chi connectivity index (χ4n) is 4.46. The second-order valence-electron chi connectivity index (χ2n) is 8.92. The fraction of sp³-hybridized carbons (Fsp3) is 0.222. The summed E-state index contributed by atoms with van der Waals surface area (Å²) in [5, 5.41) is 22.7. The summed E-state index contributed by atoms with van der Waals surface area (Å²) < 4.78 is 14.2. The van der Waals surface area contributed by atoms with Crippen LogP contribution >= 0.6 is 0 Å². The van der Waals surface area contributed by atoms with E-state index in [1.54, 1.807) is 18.2 Å². The summed E-state index contributed by atoms with van der Waals surface area (Å²) in [6, 6.07) is 19.4. The maximum atomic E-state index is 14.2. The molecule has 0 saturated carbocycles. The molecule has 176 valence electrons. The van der Waals surface area contributed by atoms with Gasteiger partial charge in [-0.15, -0.1) is 0 Å². The molecule has 1 saturated heterocycles. The van der Waals surface area contributed by atoms with Gasteiger partial charge >= 0.3 is 0 Å². The Kier molecular flexibility index (Phi) is 6.17. The largest absolute Gasteiger partial charge is 0.353 e. The number of nitriles is 1. The molecule has 8 heteroatoms. The first kappa shape index (κ1) is 22.6. The summed E-state index contributed by atoms with van der Waals surface area (Å²) in [5.41, 5.74) is 3.71. The third kappa shape index (κ3) is 4.86. The number of likely N-dealkylation sites (tertiary alicyclic amines) is 1. The van der Waals surface area contributed by atoms with Crippen LogP contribution in [0.4, 0.5) is 21.6 Å². The Balaban J connectivity index is 1.27. The van der Waals surface area contributed by atoms with Crippen molar-refractivity contribution in [3.05, 3.63) is 83.2 Å². The maximum absolute atomic E-state index is 14.2. The molecule has 1 amide bonds. The number of carbonyl (C=O) groups excluding carboxylic acids is 1. The zero-order valence-electron chi connectivity index (χ0n) is 19.3. The lowest BCUT2D eigenvalue weighted by Gasteiger charge is -2.29. The second kappa shape index (κ2) is 9.57. The van der Waals surface area contributed by atoms with E-state index < -0.39 is 5.82 Å². The molecular weight excluding hydrogens is 443 g/mol. The Morgan fingerprint density at radius 3 is 2.60 bits per heavy atom. The van der Waals surface area contributed by atoms with Crippen LogP contribution in [0.15, 0.2) is 60.7 Å². The van der Waals surface area contributed by atoms with E-state index in [4.69, 9.17) is 5.26 Å². The molecule has 1 fully saturated rings. The van der Waals surface area contributed by atoms with Crippen LogP contribution in [-0.4, -0.2) is 41.1 Å². The molecule has 3 aromatic carbocycles. The van der Waals surface area contributed by atoms with Crippen molar-refractivity contribution in [2.24, 2.45) is 0 Å². The van der Waals surface area contributed by atoms with E-state index in [1.807, 2.05) is 36.4 Å². The number of H-pyrrole nitrogens is 1. The van der Waals surface area contributed by atoms with Crippen molar-refractivity contribution in [1.29, 1.82) is 5.26 Å². The van der Waals surface area contributed by atoms with E-state index in [2.05, 4.69) is 32.8 Å². The minimum atomic E-state index is -0.511. The van der Waals surface area contributed by atoms with Gasteiger partial charge in [-0.3, -0.25) is 9.89 Å². The zero-order chi connectivity index (χ0) is 24.4. The first-order chi connectivity index (χ1) is 17.0. The number of halogens is 1. The molecule has 0 radical (unpaired) electrons. The molecule has 4 aromatic rings. The number of rotatable bonds is 5. The topological polar surface area (TPSA) is 96.8 Å². The predicted molar refractivity (Wildman–Crippen MR) is 134 cm³/mol. The molecule has 3 N–H and O–H groups in total. The van der Waals surface area contributed by atoms with E-state index in [0.29, 0.717) is 28.5 Å². The summed E-state index contributed by atoms with van der Waals surface area (Å²) >= 11 is 0. The highest BCUT2D eigenvalue weighted by molar-refractivity contribution is 6.08. The van der Waals surface area contributed by atoms with Gasteiger partial charge in [-0.25, -0.2) is 4.39 Å². The highest BCUT2D eigenvalue weighted by Crippen LogP contribution is 2.29. The van der Waals surface area contributed by atoms with Crippen LogP contribution in [0.25, 0.3) is 10.9 Å². The van der Waals surface area contributed by atoms with E-state index in [-0.39, 0.29) is 17.2 Å². The number of benzene rings is 3. The molecule has 35 heavy (non-hydrogen) atoms. The highest BCUT2D eigenvalue weighted by atomic mass is 19.1. The van der Waals surface area contributed by atoms with Gasteiger partial charge in [0.25, 0.3) is 5.91 Å². The van der Waals surface area contributed by atoms with Crippen LogP contribution in [0.1, 0.15) is 40.2 Å². The van der Waals surface area contributed by atoms with Crippen molar-refractivity contribution in [3.63, 3.8) is 0 Å². The van der Waals surface area contributed by atoms with Crippen LogP contribution in [0, 0.1) is 17.1 Å². The van der Waals surface area contributed by atoms with Crippen molar-refractivity contribution in [2.75, 3.05) is 30.8 Å². The Morgan fingerprint density at radius 2 is 1.89 bits per heavy atom. The number of carbonyl (C=O) groups is 1. The van der Waals surface area contributed by atoms with Crippen molar-refractivity contribution in [1.82, 2.24) is 15.1 Å². The van der Waals surface area contributed by atoms with Crippen molar-refractivity contribution in [2.45, 2.75) is 18.8 Å². The van der Waals surface area contributed by atoms with E-state index in [0.717, 1.165) is 31.3 Å². The number of amides is 1. The van der Waals surface area contributed by atoms with Crippen LogP contribution in [0.5, 0.6) is 0 Å². The number of hydrogen-bond acceptors (Lipinski definition) is 5. The highest BCUT2D eigenvalue weighted by Gasteiger charge is 2.19. The summed E-state index contributed by atoms with van der Waals surface area (Å²) in [5.74, 6) is 0.235. The van der Waals surface area contributed by atoms with Crippen LogP contribution in [0.3, 0.4) is 0 Å². The normalized spacial score (nSPS) is 14.5. The molecular formula is C27H25FN6O. The number of aromatic amines is 1. The molecule has 2 heterocycles. The zero-order valence-corrected chi connectivity index (χ0v) is 19.3. The third-order valence-corrected chi connectivity index (χ3v) is 6.53. The number of hydrogen-bond donors (Lipinski definition) is 3. The number of nitrogens with one attached hydrogen (secondary N) is 3. The third-order valence-electron chi connectivity index (χ3n) is 6.53. The van der Waals surface area contributed by atoms with Crippen molar-refractivity contribution < 1.29 is 9.18 Å². The average molecular weight is 469 g/mol. The van der Waals surface area contributed by atoms with Gasteiger partial charge in [0, 0.05) is 16.6 Å². The lowest BCUT2D eigenvalue weighted by atomic mass is 9.89. The quantitative estimate of drug-likeness (QED) is 0.365. The van der Waals surface area contributed by atoms with Crippen LogP contribution in [0.2, 0.25) is 0 Å². The summed E-state index contributed by atoms with van der Waals surface area (Å²) in [4.78, 5) is 15.2. The fourth-order valence-corrected chi connectivity index (χ4v) is 4.46. The van der Waals surface area contributed by atoms with Gasteiger partial charge in [0.1, 0.15) is 5.82 Å². The molecule has 0 aliphatic carbocycles. The van der Waals surface area contributed by atoms with E-state index in [9.17, 15) is 9.18 Å². The van der Waals surface area contributed by atoms with Gasteiger partial charge in [0.05, 0.1) is 22.8 Å². The van der Waals surface area contributed by atoms with Gasteiger partial charge in [0.2, 0.25) is 0 Å². The number of piperidine rings is 1. The minimum absolute atomic E-state index is 0.227. The van der Waals surface area contributed by atoms with Crippen molar-refractivity contribution >= 4 is 34.0 Å². The Morgan fingerprint density at radius 1 is 1.11 bits per heavy atom. The van der Waals surface area contributed by atoms with Crippen molar-refractivity contribution in [3.8, 4) is 6.07 Å². The predicted octanol–water partition coefficient (Wildman–Crippen LogP) is 5.38. The lowest BCUT2D eigenvalue weighted by molar-refractivity contribution is 0.102. The summed E-state index contributed by atoms with van der Waals surface area (Å²) in [6.07, 6.45) is 2.27. The lowest BCUT2D eigenvalue weighted by Crippen LogP contribution is -2.29. The van der Waals surface area contributed by atoms with Gasteiger partial charge in [0.15, 0.2) is 5.82 Å². The van der Waals surface area contributed by atoms with Gasteiger partial charge < -0.3 is 15.5 Å². The number of fused-ring (bicyclic) bond motifs is 1. The Labute approximate surface area is 202 Å². The Hall–Kier alpha value is -4.22. The molecule has 0 unspecified atom stereocenters. The van der Waals surface area contributed by atoms with Crippen LogP contribution < -0.4 is 10.6 Å². The number of anilines is 3. The molecule has 0 spiro atoms. The monoisotopic (exact) mass is 468 g/mol. The van der Waals surface area contributed by atoms with Crippen LogP contribution in [-0.2, 0) is 0 Å². The summed E-state index contributed by atoms with van der Waals surface area (Å²) in [6.45, 7) is 2.19. The summed E-state index contributed by atoms with van der Waals surface area (Å²) in [7, 11) is 2.15. The first-order valence-corrected chi connectivity index (χ1v) is 11.5. The first-order valence-electron chi connectivity index (χ1n) is 11.5. The number of nitrogens with zero attached hydrogens (tertiary/aromatic N) is 3. The molecule has 7 nitrogen and oxygen atoms in total. The maximum Gasteiger partial charge on any atom is 0.256 e. The smallest absolute Gasteiger partial charge is 0.256 e. The second-order valence-corrected chi connectivity index (χ2v) is 8.92. The van der Waals surface area contributed by atoms with E-state index >= 15 is 0 Å². The standard InChI is InChI=1S/C27H25FN6O/c1-34-12-10-19(11-13-34)18-3-5-20(6-4-18)27(35)31-26-22-8-7-21(15-25(22)32-33-26)30-24-9-2-17(16-29)14-23(24)28/h2-9,14-15,19,30H,10-13H2,1H3,(H2,31,32,33,35). The SMILES string of the molecule is CN1CCC(c2ccc(C(=O)Nc3n[nH]c4cc(Nc5ccc(C#N)cc5F)ccc34)cc2)CC1. The molecule has 1 aromatic heterocycles.